The first-order valence-electron chi connectivity index (χ1n) is 11.4. The lowest BCUT2D eigenvalue weighted by molar-refractivity contribution is 0.102. The summed E-state index contributed by atoms with van der Waals surface area (Å²) in [4.78, 5) is 26.2. The average Bonchev–Trinajstić information content (AvgIpc) is 3.29. The van der Waals surface area contributed by atoms with Crippen LogP contribution in [0.1, 0.15) is 27.5 Å². The van der Waals surface area contributed by atoms with Crippen molar-refractivity contribution in [2.24, 2.45) is 0 Å². The molecule has 0 unspecified atom stereocenters. The lowest BCUT2D eigenvalue weighted by atomic mass is 10.1. The largest absolute Gasteiger partial charge is 0.460 e. The van der Waals surface area contributed by atoms with Gasteiger partial charge in [0.2, 0.25) is 5.95 Å². The van der Waals surface area contributed by atoms with Gasteiger partial charge in [-0.3, -0.25) is 4.79 Å². The first kappa shape index (κ1) is 24.1. The highest BCUT2D eigenvalue weighted by atomic mass is 32.2. The zero-order chi connectivity index (χ0) is 26.2. The Morgan fingerprint density at radius 1 is 0.838 bits per heavy atom. The first-order chi connectivity index (χ1) is 17.7. The molecule has 37 heavy (non-hydrogen) atoms. The summed E-state index contributed by atoms with van der Waals surface area (Å²) in [5, 5.41) is 3.52. The molecular weight excluding hydrogens is 490 g/mol. The summed E-state index contributed by atoms with van der Waals surface area (Å²) >= 11 is 0. The van der Waals surface area contributed by atoms with Crippen molar-refractivity contribution in [2.45, 2.75) is 25.7 Å². The molecule has 0 aliphatic rings. The van der Waals surface area contributed by atoms with E-state index in [9.17, 15) is 13.2 Å². The van der Waals surface area contributed by atoms with Crippen LogP contribution in [0.3, 0.4) is 0 Å². The Morgan fingerprint density at radius 2 is 1.54 bits per heavy atom. The van der Waals surface area contributed by atoms with Crippen LogP contribution in [0.15, 0.2) is 82.1 Å². The number of amides is 1. The van der Waals surface area contributed by atoms with Gasteiger partial charge >= 0.3 is 0 Å². The maximum absolute atomic E-state index is 13.3. The molecule has 5 aromatic rings. The smallest absolute Gasteiger partial charge is 0.264 e. The van der Waals surface area contributed by atoms with Gasteiger partial charge in [-0.1, -0.05) is 18.2 Å². The van der Waals surface area contributed by atoms with Crippen LogP contribution in [0.5, 0.6) is 0 Å². The minimum atomic E-state index is -3.91. The molecule has 2 aromatic carbocycles. The number of anilines is 2. The Balaban J connectivity index is 1.40. The van der Waals surface area contributed by atoms with Crippen molar-refractivity contribution < 1.29 is 17.6 Å². The number of furan rings is 1. The van der Waals surface area contributed by atoms with E-state index < -0.39 is 10.0 Å². The monoisotopic (exact) mass is 513 g/mol. The highest BCUT2D eigenvalue weighted by Gasteiger charge is 2.18. The van der Waals surface area contributed by atoms with Crippen molar-refractivity contribution in [3.63, 3.8) is 0 Å². The number of carbonyl (C=O) groups excluding carboxylic acids is 1. The van der Waals surface area contributed by atoms with Gasteiger partial charge < -0.3 is 9.73 Å². The Labute approximate surface area is 213 Å². The third-order valence-electron chi connectivity index (χ3n) is 5.58. The van der Waals surface area contributed by atoms with Crippen molar-refractivity contribution in [3.8, 4) is 11.5 Å². The molecule has 2 N–H and O–H groups in total. The number of nitrogens with zero attached hydrogens (tertiary/aromatic N) is 3. The number of hydrogen-bond acceptors (Lipinski definition) is 7. The van der Waals surface area contributed by atoms with Gasteiger partial charge in [0.1, 0.15) is 11.5 Å². The Bertz CT molecular complexity index is 1720. The normalized spacial score (nSPS) is 11.4. The number of aryl methyl sites for hydroxylation is 3. The Kier molecular flexibility index (Phi) is 6.18. The number of rotatable bonds is 6. The van der Waals surface area contributed by atoms with Crippen LogP contribution in [-0.2, 0) is 10.0 Å². The van der Waals surface area contributed by atoms with E-state index in [2.05, 4.69) is 25.0 Å². The van der Waals surface area contributed by atoms with Crippen molar-refractivity contribution in [1.29, 1.82) is 0 Å². The highest BCUT2D eigenvalue weighted by molar-refractivity contribution is 7.92. The molecule has 0 fully saturated rings. The number of carbonyl (C=O) groups is 1. The van der Waals surface area contributed by atoms with Crippen LogP contribution in [0.4, 0.5) is 11.6 Å². The van der Waals surface area contributed by atoms with Crippen LogP contribution < -0.4 is 10.0 Å². The minimum Gasteiger partial charge on any atom is -0.460 e. The van der Waals surface area contributed by atoms with Crippen molar-refractivity contribution in [2.75, 3.05) is 10.0 Å². The van der Waals surface area contributed by atoms with Crippen molar-refractivity contribution >= 4 is 38.5 Å². The van der Waals surface area contributed by atoms with Crippen LogP contribution in [-0.4, -0.2) is 29.3 Å². The molecule has 3 heterocycles. The van der Waals surface area contributed by atoms with Crippen LogP contribution in [0, 0.1) is 20.8 Å². The van der Waals surface area contributed by atoms with Crippen LogP contribution in [0.25, 0.3) is 22.4 Å². The molecule has 0 bridgehead atoms. The standard InChI is InChI=1S/C27H23N5O4S/c1-16-14-17(2)29-27(28-16)32-37(34,35)20-11-9-19(10-12-20)30-26(33)22-15-24(25-13-8-18(3)36-25)31-23-7-5-4-6-21(22)23/h4-15H,1-3H3,(H,30,33)(H,28,29,32). The van der Waals surface area contributed by atoms with Gasteiger partial charge in [-0.2, -0.15) is 0 Å². The summed E-state index contributed by atoms with van der Waals surface area (Å²) in [6.45, 7) is 5.36. The van der Waals surface area contributed by atoms with Crippen LogP contribution >= 0.6 is 0 Å². The molecule has 1 amide bonds. The van der Waals surface area contributed by atoms with Gasteiger partial charge in [-0.15, -0.1) is 0 Å². The van der Waals surface area contributed by atoms with E-state index in [1.807, 2.05) is 43.3 Å². The molecule has 0 aliphatic carbocycles. The number of para-hydroxylation sites is 1. The van der Waals surface area contributed by atoms with Gasteiger partial charge in [-0.25, -0.2) is 28.1 Å². The van der Waals surface area contributed by atoms with E-state index in [-0.39, 0.29) is 16.8 Å². The van der Waals surface area contributed by atoms with E-state index >= 15 is 0 Å². The zero-order valence-corrected chi connectivity index (χ0v) is 21.1. The van der Waals surface area contributed by atoms with Gasteiger partial charge in [0.15, 0.2) is 5.76 Å². The van der Waals surface area contributed by atoms with E-state index in [1.165, 1.54) is 24.3 Å². The molecule has 0 atom stereocenters. The summed E-state index contributed by atoms with van der Waals surface area (Å²) in [5.74, 6) is 0.944. The quantitative estimate of drug-likeness (QED) is 0.317. The summed E-state index contributed by atoms with van der Waals surface area (Å²) in [6.07, 6.45) is 0. The number of aromatic nitrogens is 3. The summed E-state index contributed by atoms with van der Waals surface area (Å²) in [6, 6.07) is 20.3. The molecule has 3 aromatic heterocycles. The van der Waals surface area contributed by atoms with Gasteiger partial charge in [-0.05, 0) is 75.4 Å². The summed E-state index contributed by atoms with van der Waals surface area (Å²) in [5.41, 5.74) is 3.34. The number of hydrogen-bond donors (Lipinski definition) is 2. The van der Waals surface area contributed by atoms with E-state index in [0.717, 1.165) is 5.76 Å². The van der Waals surface area contributed by atoms with Gasteiger partial charge in [0.25, 0.3) is 15.9 Å². The molecule has 0 spiro atoms. The average molecular weight is 514 g/mol. The SMILES string of the molecule is Cc1cc(C)nc(NS(=O)(=O)c2ccc(NC(=O)c3cc(-c4ccc(C)o4)nc4ccccc34)cc2)n1. The molecule has 186 valence electrons. The Morgan fingerprint density at radius 3 is 2.22 bits per heavy atom. The number of fused-ring (bicyclic) bond motifs is 1. The summed E-state index contributed by atoms with van der Waals surface area (Å²) < 4.78 is 33.7. The second-order valence-electron chi connectivity index (χ2n) is 8.54. The van der Waals surface area contributed by atoms with Gasteiger partial charge in [0.05, 0.1) is 16.0 Å². The minimum absolute atomic E-state index is 0.00185. The molecule has 0 saturated heterocycles. The second kappa shape index (κ2) is 9.47. The Hall–Kier alpha value is -4.57. The molecular formula is C27H23N5O4S. The fourth-order valence-corrected chi connectivity index (χ4v) is 4.87. The topological polar surface area (TPSA) is 127 Å². The lowest BCUT2D eigenvalue weighted by Crippen LogP contribution is -2.16. The molecule has 9 nitrogen and oxygen atoms in total. The molecule has 0 radical (unpaired) electrons. The lowest BCUT2D eigenvalue weighted by Gasteiger charge is -2.11. The van der Waals surface area contributed by atoms with Crippen LogP contribution in [0.2, 0.25) is 0 Å². The maximum atomic E-state index is 13.3. The maximum Gasteiger partial charge on any atom is 0.264 e. The zero-order valence-electron chi connectivity index (χ0n) is 20.3. The third-order valence-corrected chi connectivity index (χ3v) is 6.93. The van der Waals surface area contributed by atoms with E-state index in [1.54, 1.807) is 26.0 Å². The number of pyridine rings is 1. The molecule has 0 saturated carbocycles. The predicted octanol–water partition coefficient (Wildman–Crippen LogP) is 5.26. The fourth-order valence-electron chi connectivity index (χ4n) is 3.93. The molecule has 0 aliphatic heterocycles. The third kappa shape index (κ3) is 5.19. The number of sulfonamides is 1. The predicted molar refractivity (Wildman–Crippen MR) is 141 cm³/mol. The van der Waals surface area contributed by atoms with E-state index in [4.69, 9.17) is 4.42 Å². The van der Waals surface area contributed by atoms with E-state index in [0.29, 0.717) is 45.0 Å². The van der Waals surface area contributed by atoms with Gasteiger partial charge in [0, 0.05) is 22.5 Å². The van der Waals surface area contributed by atoms with Crippen molar-refractivity contribution in [3.05, 3.63) is 95.5 Å². The second-order valence-corrected chi connectivity index (χ2v) is 10.2. The highest BCUT2D eigenvalue weighted by Crippen LogP contribution is 2.27. The van der Waals surface area contributed by atoms with Crippen molar-refractivity contribution in [1.82, 2.24) is 15.0 Å². The molecule has 10 heteroatoms. The summed E-state index contributed by atoms with van der Waals surface area (Å²) in [7, 11) is -3.91. The molecule has 5 rings (SSSR count). The number of benzene rings is 2. The number of nitrogens with one attached hydrogen (secondary N) is 2. The fraction of sp³-hybridized carbons (Fsp3) is 0.111. The first-order valence-corrected chi connectivity index (χ1v) is 12.9.